The molecule has 1 amide bonds. The Hall–Kier alpha value is -1.89. The lowest BCUT2D eigenvalue weighted by molar-refractivity contribution is -0.137. The number of nitrogens with zero attached hydrogens (tertiary/aromatic N) is 1. The fourth-order valence-corrected chi connectivity index (χ4v) is 4.14. The molecule has 1 aromatic carbocycles. The molecule has 6 nitrogen and oxygen atoms in total. The standard InChI is InChI=1S/C17H23NO5S/c1-2-24(22,23)15-8-4-3-7-14(15)17(21)18-11-5-6-13(12-18)9-10-16(19)20/h3-4,7-8,13H,2,5-6,9-12H2,1H3,(H,19,20). The lowest BCUT2D eigenvalue weighted by Crippen LogP contribution is -2.40. The summed E-state index contributed by atoms with van der Waals surface area (Å²) in [5, 5.41) is 8.80. The van der Waals surface area contributed by atoms with Gasteiger partial charge in [0.25, 0.3) is 5.91 Å². The number of amides is 1. The van der Waals surface area contributed by atoms with Crippen LogP contribution in [0.15, 0.2) is 29.2 Å². The van der Waals surface area contributed by atoms with Crippen LogP contribution in [0.2, 0.25) is 0 Å². The van der Waals surface area contributed by atoms with E-state index < -0.39 is 15.8 Å². The molecule has 1 aliphatic heterocycles. The molecule has 1 unspecified atom stereocenters. The fourth-order valence-electron chi connectivity index (χ4n) is 3.05. The normalized spacial score (nSPS) is 18.4. The number of aliphatic carboxylic acids is 1. The van der Waals surface area contributed by atoms with E-state index in [1.54, 1.807) is 30.0 Å². The van der Waals surface area contributed by atoms with Crippen LogP contribution in [0.25, 0.3) is 0 Å². The number of benzene rings is 1. The molecule has 1 aromatic rings. The van der Waals surface area contributed by atoms with E-state index in [0.29, 0.717) is 19.5 Å². The minimum Gasteiger partial charge on any atom is -0.481 e. The van der Waals surface area contributed by atoms with Gasteiger partial charge < -0.3 is 10.0 Å². The van der Waals surface area contributed by atoms with Gasteiger partial charge in [-0.2, -0.15) is 0 Å². The molecule has 0 aliphatic carbocycles. The molecule has 1 N–H and O–H groups in total. The number of sulfone groups is 1. The summed E-state index contributed by atoms with van der Waals surface area (Å²) < 4.78 is 24.4. The number of rotatable bonds is 6. The molecule has 1 aliphatic rings. The van der Waals surface area contributed by atoms with E-state index in [1.165, 1.54) is 6.07 Å². The number of hydrogen-bond acceptors (Lipinski definition) is 4. The van der Waals surface area contributed by atoms with Crippen LogP contribution in [0.3, 0.4) is 0 Å². The molecule has 7 heteroatoms. The third-order valence-corrected chi connectivity index (χ3v) is 6.19. The van der Waals surface area contributed by atoms with Gasteiger partial charge in [0.05, 0.1) is 16.2 Å². The Morgan fingerprint density at radius 2 is 2.00 bits per heavy atom. The van der Waals surface area contributed by atoms with Crippen LogP contribution in [0.5, 0.6) is 0 Å². The van der Waals surface area contributed by atoms with Gasteiger partial charge in [-0.15, -0.1) is 0 Å². The summed E-state index contributed by atoms with van der Waals surface area (Å²) in [6.07, 6.45) is 2.33. The van der Waals surface area contributed by atoms with Crippen molar-refractivity contribution in [3.8, 4) is 0 Å². The van der Waals surface area contributed by atoms with Crippen molar-refractivity contribution in [2.75, 3.05) is 18.8 Å². The first kappa shape index (κ1) is 18.4. The molecular formula is C17H23NO5S. The SMILES string of the molecule is CCS(=O)(=O)c1ccccc1C(=O)N1CCCC(CCC(=O)O)C1. The molecule has 1 saturated heterocycles. The monoisotopic (exact) mass is 353 g/mol. The van der Waals surface area contributed by atoms with Gasteiger partial charge in [-0.3, -0.25) is 9.59 Å². The van der Waals surface area contributed by atoms with Crippen LogP contribution < -0.4 is 0 Å². The second-order valence-electron chi connectivity index (χ2n) is 6.09. The molecule has 0 radical (unpaired) electrons. The largest absolute Gasteiger partial charge is 0.481 e. The molecular weight excluding hydrogens is 330 g/mol. The number of hydrogen-bond donors (Lipinski definition) is 1. The number of carbonyl (C=O) groups excluding carboxylic acids is 1. The van der Waals surface area contributed by atoms with Crippen molar-refractivity contribution in [3.63, 3.8) is 0 Å². The van der Waals surface area contributed by atoms with Crippen molar-refractivity contribution in [2.24, 2.45) is 5.92 Å². The zero-order valence-electron chi connectivity index (χ0n) is 13.8. The van der Waals surface area contributed by atoms with E-state index in [0.717, 1.165) is 12.8 Å². The van der Waals surface area contributed by atoms with Crippen LogP contribution in [-0.2, 0) is 14.6 Å². The predicted molar refractivity (Wildman–Crippen MR) is 89.7 cm³/mol. The van der Waals surface area contributed by atoms with E-state index in [4.69, 9.17) is 5.11 Å². The fraction of sp³-hybridized carbons (Fsp3) is 0.529. The number of carbonyl (C=O) groups is 2. The van der Waals surface area contributed by atoms with Gasteiger partial charge in [0.2, 0.25) is 0 Å². The summed E-state index contributed by atoms with van der Waals surface area (Å²) in [6, 6.07) is 6.29. The molecule has 0 spiro atoms. The average Bonchev–Trinajstić information content (AvgIpc) is 2.59. The molecule has 2 rings (SSSR count). The van der Waals surface area contributed by atoms with Crippen LogP contribution >= 0.6 is 0 Å². The third kappa shape index (κ3) is 4.35. The van der Waals surface area contributed by atoms with Gasteiger partial charge >= 0.3 is 5.97 Å². The lowest BCUT2D eigenvalue weighted by atomic mass is 9.93. The molecule has 1 heterocycles. The zero-order chi connectivity index (χ0) is 17.7. The van der Waals surface area contributed by atoms with Crippen LogP contribution in [0, 0.1) is 5.92 Å². The van der Waals surface area contributed by atoms with E-state index in [9.17, 15) is 18.0 Å². The summed E-state index contributed by atoms with van der Waals surface area (Å²) in [7, 11) is -3.47. The molecule has 132 valence electrons. The van der Waals surface area contributed by atoms with Gasteiger partial charge in [0, 0.05) is 19.5 Å². The maximum Gasteiger partial charge on any atom is 0.303 e. The Morgan fingerprint density at radius 1 is 1.29 bits per heavy atom. The Bertz CT molecular complexity index is 713. The Balaban J connectivity index is 2.18. The van der Waals surface area contributed by atoms with E-state index in [-0.39, 0.29) is 34.5 Å². The highest BCUT2D eigenvalue weighted by Gasteiger charge is 2.28. The number of piperidine rings is 1. The van der Waals surface area contributed by atoms with Crippen molar-refractivity contribution in [2.45, 2.75) is 37.5 Å². The summed E-state index contributed by atoms with van der Waals surface area (Å²) in [6.45, 7) is 2.61. The van der Waals surface area contributed by atoms with Crippen LogP contribution in [-0.4, -0.2) is 49.1 Å². The van der Waals surface area contributed by atoms with Gasteiger partial charge in [-0.05, 0) is 37.3 Å². The van der Waals surface area contributed by atoms with Crippen LogP contribution in [0.4, 0.5) is 0 Å². The summed E-state index contributed by atoms with van der Waals surface area (Å²) in [5.74, 6) is -1.03. The Labute approximate surface area is 142 Å². The molecule has 0 aromatic heterocycles. The van der Waals surface area contributed by atoms with Crippen molar-refractivity contribution in [1.82, 2.24) is 4.90 Å². The Morgan fingerprint density at radius 3 is 2.67 bits per heavy atom. The van der Waals surface area contributed by atoms with Crippen LogP contribution in [0.1, 0.15) is 43.0 Å². The number of carboxylic acids is 1. The predicted octanol–water partition coefficient (Wildman–Crippen LogP) is 2.20. The van der Waals surface area contributed by atoms with E-state index in [1.807, 2.05) is 0 Å². The summed E-state index contributed by atoms with van der Waals surface area (Å²) >= 11 is 0. The summed E-state index contributed by atoms with van der Waals surface area (Å²) in [5.41, 5.74) is 0.207. The number of likely N-dealkylation sites (tertiary alicyclic amines) is 1. The quantitative estimate of drug-likeness (QED) is 0.846. The second-order valence-corrected chi connectivity index (χ2v) is 8.34. The summed E-state index contributed by atoms with van der Waals surface area (Å²) in [4.78, 5) is 25.3. The average molecular weight is 353 g/mol. The highest BCUT2D eigenvalue weighted by Crippen LogP contribution is 2.25. The molecule has 0 saturated carbocycles. The van der Waals surface area contributed by atoms with E-state index in [2.05, 4.69) is 0 Å². The van der Waals surface area contributed by atoms with Crippen molar-refractivity contribution >= 4 is 21.7 Å². The second kappa shape index (κ2) is 7.79. The van der Waals surface area contributed by atoms with Crippen molar-refractivity contribution in [3.05, 3.63) is 29.8 Å². The van der Waals surface area contributed by atoms with Gasteiger partial charge in [-0.1, -0.05) is 19.1 Å². The number of carboxylic acid groups (broad SMARTS) is 1. The zero-order valence-corrected chi connectivity index (χ0v) is 14.6. The Kier molecular flexibility index (Phi) is 5.99. The highest BCUT2D eigenvalue weighted by molar-refractivity contribution is 7.91. The molecule has 24 heavy (non-hydrogen) atoms. The topological polar surface area (TPSA) is 91.8 Å². The third-order valence-electron chi connectivity index (χ3n) is 4.41. The lowest BCUT2D eigenvalue weighted by Gasteiger charge is -2.33. The first-order valence-electron chi connectivity index (χ1n) is 8.18. The minimum atomic E-state index is -3.47. The first-order valence-corrected chi connectivity index (χ1v) is 9.83. The molecule has 0 bridgehead atoms. The highest BCUT2D eigenvalue weighted by atomic mass is 32.2. The molecule has 1 atom stereocenters. The maximum atomic E-state index is 12.8. The van der Waals surface area contributed by atoms with E-state index >= 15 is 0 Å². The maximum absolute atomic E-state index is 12.8. The minimum absolute atomic E-state index is 0.0570. The molecule has 1 fully saturated rings. The van der Waals surface area contributed by atoms with Gasteiger partial charge in [-0.25, -0.2) is 8.42 Å². The van der Waals surface area contributed by atoms with Gasteiger partial charge in [0.1, 0.15) is 0 Å². The van der Waals surface area contributed by atoms with Crippen molar-refractivity contribution in [1.29, 1.82) is 0 Å². The van der Waals surface area contributed by atoms with Gasteiger partial charge in [0.15, 0.2) is 9.84 Å². The van der Waals surface area contributed by atoms with Crippen molar-refractivity contribution < 1.29 is 23.1 Å². The first-order chi connectivity index (χ1) is 11.3. The smallest absolute Gasteiger partial charge is 0.303 e.